The molecule has 1 amide bonds. The summed E-state index contributed by atoms with van der Waals surface area (Å²) >= 11 is 0. The number of carbonyl (C=O) groups is 2. The van der Waals surface area contributed by atoms with E-state index in [0.29, 0.717) is 12.3 Å². The van der Waals surface area contributed by atoms with Crippen molar-refractivity contribution in [2.24, 2.45) is 0 Å². The number of methoxy groups -OCH3 is 1. The zero-order valence-corrected chi connectivity index (χ0v) is 11.5. The molecule has 1 fully saturated rings. The Balaban J connectivity index is 2.06. The fraction of sp³-hybridized carbons (Fsp3) is 0.667. The summed E-state index contributed by atoms with van der Waals surface area (Å²) in [5.74, 6) is -1.19. The first-order chi connectivity index (χ1) is 9.52. The Hall–Kier alpha value is -1.96. The molecule has 0 bridgehead atoms. The topological polar surface area (TPSA) is 106 Å². The Labute approximate surface area is 116 Å². The molecule has 1 aromatic heterocycles. The van der Waals surface area contributed by atoms with Crippen LogP contribution in [0.15, 0.2) is 0 Å². The molecule has 1 aromatic rings. The molecule has 20 heavy (non-hydrogen) atoms. The second-order valence-electron chi connectivity index (χ2n) is 4.98. The molecule has 0 radical (unpaired) electrons. The molecule has 2 rings (SSSR count). The predicted molar refractivity (Wildman–Crippen MR) is 68.4 cm³/mol. The normalized spacial score (nSPS) is 15.9. The Morgan fingerprint density at radius 3 is 2.80 bits per heavy atom. The molecule has 8 heteroatoms. The van der Waals surface area contributed by atoms with Crippen molar-refractivity contribution in [1.29, 1.82) is 0 Å². The maximum atomic E-state index is 11.9. The van der Waals surface area contributed by atoms with Gasteiger partial charge in [0, 0.05) is 19.1 Å². The van der Waals surface area contributed by atoms with Crippen LogP contribution in [0.2, 0.25) is 0 Å². The summed E-state index contributed by atoms with van der Waals surface area (Å²) in [7, 11) is 1.56. The van der Waals surface area contributed by atoms with Gasteiger partial charge in [-0.1, -0.05) is 5.21 Å². The third-order valence-electron chi connectivity index (χ3n) is 3.06. The molecular weight excluding hydrogens is 264 g/mol. The van der Waals surface area contributed by atoms with Crippen LogP contribution in [0.5, 0.6) is 0 Å². The lowest BCUT2D eigenvalue weighted by atomic mass is 10.2. The van der Waals surface area contributed by atoms with Gasteiger partial charge < -0.3 is 15.2 Å². The number of nitrogens with zero attached hydrogens (tertiary/aromatic N) is 3. The van der Waals surface area contributed by atoms with Crippen LogP contribution in [-0.2, 0) is 16.1 Å². The highest BCUT2D eigenvalue weighted by Crippen LogP contribution is 2.41. The molecule has 8 nitrogen and oxygen atoms in total. The van der Waals surface area contributed by atoms with Gasteiger partial charge in [0.15, 0.2) is 5.69 Å². The van der Waals surface area contributed by atoms with Crippen LogP contribution in [0, 0.1) is 0 Å². The standard InChI is InChI=1S/C12H18N4O4/c1-7(6-20-2)13-9(17)5-16-11(8-3-4-8)10(12(18)19)14-15-16/h7-8H,3-6H2,1-2H3,(H,13,17)(H,18,19). The molecule has 1 atom stereocenters. The van der Waals surface area contributed by atoms with Gasteiger partial charge in [0.1, 0.15) is 6.54 Å². The van der Waals surface area contributed by atoms with Crippen molar-refractivity contribution in [2.45, 2.75) is 38.3 Å². The van der Waals surface area contributed by atoms with Gasteiger partial charge >= 0.3 is 5.97 Å². The SMILES string of the molecule is COCC(C)NC(=O)Cn1nnc(C(=O)O)c1C1CC1. The van der Waals surface area contributed by atoms with Gasteiger partial charge in [0.25, 0.3) is 0 Å². The summed E-state index contributed by atoms with van der Waals surface area (Å²) in [6.07, 6.45) is 1.82. The first kappa shape index (κ1) is 14.4. The third-order valence-corrected chi connectivity index (χ3v) is 3.06. The average molecular weight is 282 g/mol. The third kappa shape index (κ3) is 3.32. The minimum absolute atomic E-state index is 0.0276. The molecule has 1 aliphatic carbocycles. The molecule has 1 saturated carbocycles. The molecular formula is C12H18N4O4. The first-order valence-electron chi connectivity index (χ1n) is 6.48. The number of rotatable bonds is 7. The van der Waals surface area contributed by atoms with Crippen molar-refractivity contribution in [3.05, 3.63) is 11.4 Å². The number of aromatic carboxylic acids is 1. The molecule has 1 heterocycles. The highest BCUT2D eigenvalue weighted by Gasteiger charge is 2.34. The molecule has 1 aliphatic rings. The second kappa shape index (κ2) is 6.00. The van der Waals surface area contributed by atoms with E-state index < -0.39 is 5.97 Å². The molecule has 1 unspecified atom stereocenters. The number of carboxylic acid groups (broad SMARTS) is 1. The Kier molecular flexibility index (Phi) is 4.33. The molecule has 2 N–H and O–H groups in total. The van der Waals surface area contributed by atoms with E-state index >= 15 is 0 Å². The molecule has 0 saturated heterocycles. The summed E-state index contributed by atoms with van der Waals surface area (Å²) < 4.78 is 6.32. The summed E-state index contributed by atoms with van der Waals surface area (Å²) in [6, 6.07) is -0.112. The number of hydrogen-bond acceptors (Lipinski definition) is 5. The van der Waals surface area contributed by atoms with Crippen molar-refractivity contribution in [1.82, 2.24) is 20.3 Å². The smallest absolute Gasteiger partial charge is 0.358 e. The van der Waals surface area contributed by atoms with E-state index in [-0.39, 0.29) is 30.1 Å². The van der Waals surface area contributed by atoms with Gasteiger partial charge in [-0.05, 0) is 19.8 Å². The van der Waals surface area contributed by atoms with Gasteiger partial charge in [0.2, 0.25) is 5.91 Å². The monoisotopic (exact) mass is 282 g/mol. The van der Waals surface area contributed by atoms with Crippen LogP contribution in [0.4, 0.5) is 0 Å². The molecule has 0 aromatic carbocycles. The lowest BCUT2D eigenvalue weighted by Crippen LogP contribution is -2.38. The summed E-state index contributed by atoms with van der Waals surface area (Å²) in [4.78, 5) is 23.0. The van der Waals surface area contributed by atoms with E-state index in [1.165, 1.54) is 4.68 Å². The van der Waals surface area contributed by atoms with E-state index in [1.807, 2.05) is 6.92 Å². The lowest BCUT2D eigenvalue weighted by molar-refractivity contribution is -0.122. The van der Waals surface area contributed by atoms with Crippen molar-refractivity contribution in [3.8, 4) is 0 Å². The average Bonchev–Trinajstić information content (AvgIpc) is 3.10. The number of aromatic nitrogens is 3. The highest BCUT2D eigenvalue weighted by molar-refractivity contribution is 5.87. The van der Waals surface area contributed by atoms with Crippen LogP contribution >= 0.6 is 0 Å². The van der Waals surface area contributed by atoms with E-state index in [1.54, 1.807) is 7.11 Å². The van der Waals surface area contributed by atoms with Gasteiger partial charge in [0.05, 0.1) is 12.3 Å². The highest BCUT2D eigenvalue weighted by atomic mass is 16.5. The number of carboxylic acids is 1. The van der Waals surface area contributed by atoms with Crippen molar-refractivity contribution in [2.75, 3.05) is 13.7 Å². The second-order valence-corrected chi connectivity index (χ2v) is 4.98. The number of hydrogen-bond donors (Lipinski definition) is 2. The summed E-state index contributed by atoms with van der Waals surface area (Å²) in [5.41, 5.74) is 0.497. The number of ether oxygens (including phenoxy) is 1. The fourth-order valence-electron chi connectivity index (χ4n) is 2.10. The maximum absolute atomic E-state index is 11.9. The zero-order chi connectivity index (χ0) is 14.7. The van der Waals surface area contributed by atoms with Crippen LogP contribution in [0.25, 0.3) is 0 Å². The van der Waals surface area contributed by atoms with Gasteiger partial charge in [-0.15, -0.1) is 5.10 Å². The van der Waals surface area contributed by atoms with E-state index in [2.05, 4.69) is 15.6 Å². The van der Waals surface area contributed by atoms with E-state index in [0.717, 1.165) is 12.8 Å². The van der Waals surface area contributed by atoms with Gasteiger partial charge in [-0.2, -0.15) is 0 Å². The molecule has 0 spiro atoms. The zero-order valence-electron chi connectivity index (χ0n) is 11.5. The largest absolute Gasteiger partial charge is 0.476 e. The van der Waals surface area contributed by atoms with E-state index in [9.17, 15) is 9.59 Å². The molecule has 110 valence electrons. The summed E-state index contributed by atoms with van der Waals surface area (Å²) in [6.45, 7) is 2.21. The van der Waals surface area contributed by atoms with Crippen molar-refractivity contribution >= 4 is 11.9 Å². The van der Waals surface area contributed by atoms with Crippen molar-refractivity contribution < 1.29 is 19.4 Å². The number of carbonyl (C=O) groups excluding carboxylic acids is 1. The maximum Gasteiger partial charge on any atom is 0.358 e. The summed E-state index contributed by atoms with van der Waals surface area (Å²) in [5, 5.41) is 19.3. The predicted octanol–water partition coefficient (Wildman–Crippen LogP) is 0.00480. The van der Waals surface area contributed by atoms with E-state index in [4.69, 9.17) is 9.84 Å². The lowest BCUT2D eigenvalue weighted by Gasteiger charge is -2.13. The van der Waals surface area contributed by atoms with Crippen molar-refractivity contribution in [3.63, 3.8) is 0 Å². The van der Waals surface area contributed by atoms with Crippen LogP contribution in [0.1, 0.15) is 41.9 Å². The first-order valence-corrected chi connectivity index (χ1v) is 6.48. The minimum atomic E-state index is -1.11. The fourth-order valence-corrected chi connectivity index (χ4v) is 2.10. The Morgan fingerprint density at radius 2 is 2.25 bits per heavy atom. The number of amides is 1. The minimum Gasteiger partial charge on any atom is -0.476 e. The quantitative estimate of drug-likeness (QED) is 0.729. The molecule has 0 aliphatic heterocycles. The van der Waals surface area contributed by atoms with Gasteiger partial charge in [-0.3, -0.25) is 4.79 Å². The number of nitrogens with one attached hydrogen (secondary N) is 1. The van der Waals surface area contributed by atoms with Crippen LogP contribution < -0.4 is 5.32 Å². The van der Waals surface area contributed by atoms with Gasteiger partial charge in [-0.25, -0.2) is 9.48 Å². The Morgan fingerprint density at radius 1 is 1.55 bits per heavy atom. The Bertz CT molecular complexity index is 510. The van der Waals surface area contributed by atoms with Crippen LogP contribution in [0.3, 0.4) is 0 Å². The van der Waals surface area contributed by atoms with Crippen LogP contribution in [-0.4, -0.2) is 51.7 Å².